The van der Waals surface area contributed by atoms with Gasteiger partial charge in [-0.2, -0.15) is 9.61 Å². The average Bonchev–Trinajstić information content (AvgIpc) is 2.99. The number of aliphatic hydroxyl groups excluding tert-OH is 1. The van der Waals surface area contributed by atoms with E-state index in [4.69, 9.17) is 10.5 Å². The van der Waals surface area contributed by atoms with Crippen molar-refractivity contribution in [1.82, 2.24) is 19.8 Å². The van der Waals surface area contributed by atoms with Gasteiger partial charge in [0.25, 0.3) is 0 Å². The summed E-state index contributed by atoms with van der Waals surface area (Å²) in [7, 11) is 0. The molecule has 1 fully saturated rings. The van der Waals surface area contributed by atoms with Crippen LogP contribution >= 0.6 is 11.3 Å². The van der Waals surface area contributed by atoms with Crippen LogP contribution in [0, 0.1) is 0 Å². The summed E-state index contributed by atoms with van der Waals surface area (Å²) in [4.78, 5) is 0.729. The number of hydrogen-bond acceptors (Lipinski definition) is 7. The molecule has 0 aromatic carbocycles. The second kappa shape index (κ2) is 5.49. The number of ether oxygens (including phenoxy) is 1. The summed E-state index contributed by atoms with van der Waals surface area (Å²) in [6, 6.07) is 0. The number of nitrogens with two attached hydrogens (primary N) is 1. The van der Waals surface area contributed by atoms with Crippen molar-refractivity contribution in [3.05, 3.63) is 10.8 Å². The van der Waals surface area contributed by atoms with Crippen LogP contribution in [0.3, 0.4) is 0 Å². The van der Waals surface area contributed by atoms with Gasteiger partial charge in [-0.3, -0.25) is 0 Å². The van der Waals surface area contributed by atoms with Crippen LogP contribution in [0.5, 0.6) is 0 Å². The van der Waals surface area contributed by atoms with Crippen LogP contribution in [0.4, 0.5) is 0 Å². The maximum absolute atomic E-state index is 9.93. The Bertz CT molecular complexity index is 548. The summed E-state index contributed by atoms with van der Waals surface area (Å²) in [5.74, 6) is 1.21. The SMILES string of the molecule is NCCC(O)c1nn2c(C3CCOCC3)nnc2s1. The van der Waals surface area contributed by atoms with Crippen molar-refractivity contribution < 1.29 is 9.84 Å². The zero-order chi connectivity index (χ0) is 13.2. The van der Waals surface area contributed by atoms with Gasteiger partial charge in [-0.25, -0.2) is 0 Å². The highest BCUT2D eigenvalue weighted by molar-refractivity contribution is 7.16. The Morgan fingerprint density at radius 1 is 1.42 bits per heavy atom. The molecule has 0 amide bonds. The monoisotopic (exact) mass is 283 g/mol. The van der Waals surface area contributed by atoms with E-state index in [1.807, 2.05) is 0 Å². The second-order valence-corrected chi connectivity index (χ2v) is 5.66. The first-order chi connectivity index (χ1) is 9.29. The van der Waals surface area contributed by atoms with Crippen LogP contribution < -0.4 is 5.73 Å². The maximum Gasteiger partial charge on any atom is 0.234 e. The van der Waals surface area contributed by atoms with Gasteiger partial charge in [0.1, 0.15) is 11.1 Å². The molecular formula is C11H17N5O2S. The molecule has 1 atom stereocenters. The number of hydrogen-bond donors (Lipinski definition) is 2. The lowest BCUT2D eigenvalue weighted by Gasteiger charge is -2.19. The highest BCUT2D eigenvalue weighted by Gasteiger charge is 2.24. The van der Waals surface area contributed by atoms with Crippen molar-refractivity contribution in [3.8, 4) is 0 Å². The lowest BCUT2D eigenvalue weighted by molar-refractivity contribution is 0.0831. The third-order valence-corrected chi connectivity index (χ3v) is 4.34. The number of nitrogens with zero attached hydrogens (tertiary/aromatic N) is 4. The summed E-state index contributed by atoms with van der Waals surface area (Å²) >= 11 is 1.37. The van der Waals surface area contributed by atoms with Crippen molar-refractivity contribution >= 4 is 16.3 Å². The van der Waals surface area contributed by atoms with Gasteiger partial charge in [0.15, 0.2) is 5.82 Å². The fourth-order valence-electron chi connectivity index (χ4n) is 2.27. The van der Waals surface area contributed by atoms with Gasteiger partial charge in [-0.1, -0.05) is 11.3 Å². The van der Waals surface area contributed by atoms with E-state index in [1.54, 1.807) is 4.52 Å². The predicted octanol–water partition coefficient (Wildman–Crippen LogP) is 0.462. The molecule has 104 valence electrons. The molecule has 3 rings (SSSR count). The van der Waals surface area contributed by atoms with E-state index < -0.39 is 6.10 Å². The summed E-state index contributed by atoms with van der Waals surface area (Å²) in [5, 5.41) is 23.4. The fourth-order valence-corrected chi connectivity index (χ4v) is 3.14. The average molecular weight is 283 g/mol. The molecule has 2 aromatic heterocycles. The topological polar surface area (TPSA) is 98.6 Å². The van der Waals surface area contributed by atoms with Crippen LogP contribution in [0.15, 0.2) is 0 Å². The Morgan fingerprint density at radius 2 is 2.21 bits per heavy atom. The lowest BCUT2D eigenvalue weighted by atomic mass is 10.00. The first-order valence-electron chi connectivity index (χ1n) is 6.47. The number of aliphatic hydroxyl groups is 1. The number of fused-ring (bicyclic) bond motifs is 1. The molecule has 0 bridgehead atoms. The molecule has 0 spiro atoms. The third kappa shape index (κ3) is 2.48. The van der Waals surface area contributed by atoms with Gasteiger partial charge in [0.05, 0.1) is 0 Å². The fraction of sp³-hybridized carbons (Fsp3) is 0.727. The van der Waals surface area contributed by atoms with Gasteiger partial charge in [-0.05, 0) is 25.8 Å². The molecular weight excluding hydrogens is 266 g/mol. The van der Waals surface area contributed by atoms with E-state index in [0.717, 1.165) is 36.8 Å². The van der Waals surface area contributed by atoms with Crippen LogP contribution in [-0.2, 0) is 4.74 Å². The lowest BCUT2D eigenvalue weighted by Crippen LogP contribution is -2.17. The van der Waals surface area contributed by atoms with Crippen molar-refractivity contribution in [3.63, 3.8) is 0 Å². The van der Waals surface area contributed by atoms with Crippen LogP contribution in [0.1, 0.15) is 42.1 Å². The van der Waals surface area contributed by atoms with Crippen molar-refractivity contribution in [2.75, 3.05) is 19.8 Å². The van der Waals surface area contributed by atoms with E-state index in [-0.39, 0.29) is 0 Å². The largest absolute Gasteiger partial charge is 0.386 e. The van der Waals surface area contributed by atoms with E-state index in [2.05, 4.69) is 15.3 Å². The molecule has 19 heavy (non-hydrogen) atoms. The highest BCUT2D eigenvalue weighted by Crippen LogP contribution is 2.28. The minimum Gasteiger partial charge on any atom is -0.386 e. The standard InChI is InChI=1S/C11H17N5O2S/c12-4-1-8(17)10-15-16-9(13-14-11(16)19-10)7-2-5-18-6-3-7/h7-8,17H,1-6,12H2. The Labute approximate surface area is 114 Å². The molecule has 1 aliphatic heterocycles. The van der Waals surface area contributed by atoms with Gasteiger partial charge in [-0.15, -0.1) is 10.2 Å². The number of rotatable bonds is 4. The second-order valence-electron chi connectivity index (χ2n) is 4.67. The Morgan fingerprint density at radius 3 is 2.95 bits per heavy atom. The van der Waals surface area contributed by atoms with E-state index in [0.29, 0.717) is 23.9 Å². The van der Waals surface area contributed by atoms with Gasteiger partial charge in [0, 0.05) is 19.1 Å². The number of aromatic nitrogens is 4. The van der Waals surface area contributed by atoms with E-state index in [1.165, 1.54) is 11.3 Å². The summed E-state index contributed by atoms with van der Waals surface area (Å²) in [6.45, 7) is 1.95. The Balaban J connectivity index is 1.89. The molecule has 3 heterocycles. The van der Waals surface area contributed by atoms with Crippen LogP contribution in [0.2, 0.25) is 0 Å². The molecule has 0 saturated carbocycles. The molecule has 2 aromatic rings. The Hall–Kier alpha value is -1.09. The molecule has 1 unspecified atom stereocenters. The Kier molecular flexibility index (Phi) is 3.74. The summed E-state index contributed by atoms with van der Waals surface area (Å²) < 4.78 is 7.12. The van der Waals surface area contributed by atoms with Gasteiger partial charge in [0.2, 0.25) is 4.96 Å². The van der Waals surface area contributed by atoms with Crippen LogP contribution in [0.25, 0.3) is 4.96 Å². The molecule has 0 radical (unpaired) electrons. The predicted molar refractivity (Wildman–Crippen MR) is 70.1 cm³/mol. The smallest absolute Gasteiger partial charge is 0.234 e. The first kappa shape index (κ1) is 12.9. The van der Waals surface area contributed by atoms with Gasteiger partial charge < -0.3 is 15.6 Å². The third-order valence-electron chi connectivity index (χ3n) is 3.34. The normalized spacial score (nSPS) is 19.1. The van der Waals surface area contributed by atoms with Gasteiger partial charge >= 0.3 is 0 Å². The minimum absolute atomic E-state index is 0.338. The molecule has 8 heteroatoms. The summed E-state index contributed by atoms with van der Waals surface area (Å²) in [5.41, 5.74) is 5.45. The molecule has 1 aliphatic rings. The summed E-state index contributed by atoms with van der Waals surface area (Å²) in [6.07, 6.45) is 1.79. The highest BCUT2D eigenvalue weighted by atomic mass is 32.1. The van der Waals surface area contributed by atoms with Crippen molar-refractivity contribution in [2.45, 2.75) is 31.3 Å². The first-order valence-corrected chi connectivity index (χ1v) is 7.29. The minimum atomic E-state index is -0.612. The molecule has 1 saturated heterocycles. The molecule has 7 nitrogen and oxygen atoms in total. The van der Waals surface area contributed by atoms with E-state index >= 15 is 0 Å². The maximum atomic E-state index is 9.93. The van der Waals surface area contributed by atoms with Crippen molar-refractivity contribution in [1.29, 1.82) is 0 Å². The van der Waals surface area contributed by atoms with Crippen molar-refractivity contribution in [2.24, 2.45) is 5.73 Å². The molecule has 0 aliphatic carbocycles. The van der Waals surface area contributed by atoms with E-state index in [9.17, 15) is 5.11 Å². The quantitative estimate of drug-likeness (QED) is 0.846. The zero-order valence-corrected chi connectivity index (χ0v) is 11.3. The molecule has 3 N–H and O–H groups in total. The zero-order valence-electron chi connectivity index (χ0n) is 10.5. The van der Waals surface area contributed by atoms with Crippen LogP contribution in [-0.4, -0.2) is 44.7 Å².